The average Bonchev–Trinajstić information content (AvgIpc) is 2.69. The van der Waals surface area contributed by atoms with E-state index in [0.29, 0.717) is 0 Å². The molecular formula is C24H30O3. The summed E-state index contributed by atoms with van der Waals surface area (Å²) < 4.78 is 0. The van der Waals surface area contributed by atoms with Crippen molar-refractivity contribution in [3.63, 3.8) is 0 Å². The zero-order chi connectivity index (χ0) is 19.8. The van der Waals surface area contributed by atoms with Crippen LogP contribution in [0.2, 0.25) is 0 Å². The fourth-order valence-electron chi connectivity index (χ4n) is 2.89. The zero-order valence-electron chi connectivity index (χ0n) is 16.4. The van der Waals surface area contributed by atoms with E-state index in [1.807, 2.05) is 37.3 Å². The molecule has 2 aromatic rings. The van der Waals surface area contributed by atoms with Crippen molar-refractivity contribution in [1.29, 1.82) is 0 Å². The third-order valence-corrected chi connectivity index (χ3v) is 4.95. The van der Waals surface area contributed by atoms with E-state index in [9.17, 15) is 15.3 Å². The van der Waals surface area contributed by atoms with Gasteiger partial charge in [-0.15, -0.1) is 0 Å². The van der Waals surface area contributed by atoms with Crippen LogP contribution in [0.4, 0.5) is 0 Å². The van der Waals surface area contributed by atoms with Gasteiger partial charge in [-0.1, -0.05) is 54.6 Å². The molecule has 3 nitrogen and oxygen atoms in total. The van der Waals surface area contributed by atoms with Gasteiger partial charge in [-0.25, -0.2) is 0 Å². The minimum Gasteiger partial charge on any atom is -0.392 e. The molecule has 0 aromatic heterocycles. The number of hydrogen-bond donors (Lipinski definition) is 3. The van der Waals surface area contributed by atoms with Crippen LogP contribution in [-0.4, -0.2) is 21.4 Å². The number of aliphatic hydroxyl groups is 3. The molecule has 0 aliphatic rings. The van der Waals surface area contributed by atoms with Crippen LogP contribution < -0.4 is 0 Å². The highest BCUT2D eigenvalue weighted by Crippen LogP contribution is 2.19. The molecule has 0 radical (unpaired) electrons. The maximum atomic E-state index is 9.57. The summed E-state index contributed by atoms with van der Waals surface area (Å²) >= 11 is 0. The van der Waals surface area contributed by atoms with Gasteiger partial charge in [0, 0.05) is 0 Å². The summed E-state index contributed by atoms with van der Waals surface area (Å²) in [5.41, 5.74) is 7.27. The fraction of sp³-hybridized carbons (Fsp3) is 0.333. The molecule has 2 aromatic carbocycles. The summed E-state index contributed by atoms with van der Waals surface area (Å²) in [6.45, 7) is 5.67. The highest BCUT2D eigenvalue weighted by atomic mass is 16.3. The van der Waals surface area contributed by atoms with Crippen molar-refractivity contribution in [2.75, 3.05) is 0 Å². The number of benzene rings is 2. The normalized spacial score (nSPS) is 13.7. The molecule has 1 unspecified atom stereocenters. The summed E-state index contributed by atoms with van der Waals surface area (Å²) in [6, 6.07) is 14.4. The van der Waals surface area contributed by atoms with Crippen molar-refractivity contribution in [1.82, 2.24) is 0 Å². The Morgan fingerprint density at radius 3 is 2.19 bits per heavy atom. The van der Waals surface area contributed by atoms with Crippen molar-refractivity contribution >= 4 is 5.57 Å². The van der Waals surface area contributed by atoms with E-state index in [-0.39, 0.29) is 13.2 Å². The standard InChI is InChI=1S/C24H30O3/c1-17(19(3)27)7-8-18(2)22-6-4-5-20(13-22)9-10-21-11-12-23(15-25)24(14-21)16-26/h4-8,11-14,19,25-27H,9-10,15-16H2,1-3H3/b17-7+,18-8+. The summed E-state index contributed by atoms with van der Waals surface area (Å²) in [6.07, 6.45) is 5.37. The van der Waals surface area contributed by atoms with E-state index >= 15 is 0 Å². The van der Waals surface area contributed by atoms with Gasteiger partial charge < -0.3 is 15.3 Å². The second kappa shape index (κ2) is 10.2. The number of allylic oxidation sites excluding steroid dienone is 3. The van der Waals surface area contributed by atoms with Gasteiger partial charge in [0.05, 0.1) is 19.3 Å². The molecule has 2 rings (SSSR count). The molecule has 0 bridgehead atoms. The molecule has 0 aliphatic heterocycles. The number of aryl methyl sites for hydroxylation is 2. The van der Waals surface area contributed by atoms with E-state index < -0.39 is 6.10 Å². The number of rotatable bonds is 8. The zero-order valence-corrected chi connectivity index (χ0v) is 16.4. The van der Waals surface area contributed by atoms with E-state index in [1.165, 1.54) is 11.1 Å². The Bertz CT molecular complexity index is 816. The third-order valence-electron chi connectivity index (χ3n) is 4.95. The van der Waals surface area contributed by atoms with Crippen LogP contribution in [0.25, 0.3) is 5.57 Å². The lowest BCUT2D eigenvalue weighted by Gasteiger charge is -2.09. The van der Waals surface area contributed by atoms with Gasteiger partial charge in [0.25, 0.3) is 0 Å². The van der Waals surface area contributed by atoms with Crippen LogP contribution in [0.5, 0.6) is 0 Å². The lowest BCUT2D eigenvalue weighted by Crippen LogP contribution is -2.00. The Labute approximate surface area is 162 Å². The first-order valence-corrected chi connectivity index (χ1v) is 9.39. The van der Waals surface area contributed by atoms with Crippen molar-refractivity contribution < 1.29 is 15.3 Å². The highest BCUT2D eigenvalue weighted by Gasteiger charge is 2.04. The minimum absolute atomic E-state index is 0.0488. The largest absolute Gasteiger partial charge is 0.392 e. The first-order chi connectivity index (χ1) is 12.9. The quantitative estimate of drug-likeness (QED) is 0.614. The van der Waals surface area contributed by atoms with Crippen molar-refractivity contribution in [3.05, 3.63) is 88.0 Å². The Hall–Kier alpha value is -2.20. The smallest absolute Gasteiger partial charge is 0.0722 e. The molecule has 0 aliphatic carbocycles. The maximum Gasteiger partial charge on any atom is 0.0722 e. The van der Waals surface area contributed by atoms with Crippen molar-refractivity contribution in [2.24, 2.45) is 0 Å². The molecule has 0 heterocycles. The lowest BCUT2D eigenvalue weighted by molar-refractivity contribution is 0.231. The second-order valence-electron chi connectivity index (χ2n) is 7.06. The van der Waals surface area contributed by atoms with Gasteiger partial charge in [-0.2, -0.15) is 0 Å². The first kappa shape index (κ1) is 21.1. The SMILES string of the molecule is C/C(=C\C=C(/C)C(C)O)c1cccc(CCc2ccc(CO)c(CO)c2)c1. The predicted octanol–water partition coefficient (Wildman–Crippen LogP) is 4.19. The summed E-state index contributed by atoms with van der Waals surface area (Å²) in [7, 11) is 0. The van der Waals surface area contributed by atoms with Crippen LogP contribution in [0.15, 0.2) is 60.2 Å². The van der Waals surface area contributed by atoms with E-state index in [1.54, 1.807) is 6.92 Å². The predicted molar refractivity (Wildman–Crippen MR) is 111 cm³/mol. The van der Waals surface area contributed by atoms with Crippen LogP contribution in [0.1, 0.15) is 48.6 Å². The molecule has 0 spiro atoms. The second-order valence-corrected chi connectivity index (χ2v) is 7.06. The molecule has 3 heteroatoms. The fourth-order valence-corrected chi connectivity index (χ4v) is 2.89. The number of aliphatic hydroxyl groups excluding tert-OH is 3. The molecule has 1 atom stereocenters. The Balaban J connectivity index is 2.10. The summed E-state index contributed by atoms with van der Waals surface area (Å²) in [5.74, 6) is 0. The van der Waals surface area contributed by atoms with E-state index in [2.05, 4.69) is 31.2 Å². The maximum absolute atomic E-state index is 9.57. The highest BCUT2D eigenvalue weighted by molar-refractivity contribution is 5.65. The minimum atomic E-state index is -0.429. The first-order valence-electron chi connectivity index (χ1n) is 9.39. The van der Waals surface area contributed by atoms with Crippen LogP contribution in [-0.2, 0) is 26.1 Å². The summed E-state index contributed by atoms with van der Waals surface area (Å²) in [4.78, 5) is 0. The Kier molecular flexibility index (Phi) is 7.99. The van der Waals surface area contributed by atoms with Gasteiger partial charge in [0.1, 0.15) is 0 Å². The Morgan fingerprint density at radius 2 is 1.56 bits per heavy atom. The lowest BCUT2D eigenvalue weighted by atomic mass is 9.97. The van der Waals surface area contributed by atoms with E-state index in [0.717, 1.165) is 40.7 Å². The van der Waals surface area contributed by atoms with Gasteiger partial charge in [0.2, 0.25) is 0 Å². The molecule has 0 saturated carbocycles. The molecule has 0 saturated heterocycles. The monoisotopic (exact) mass is 366 g/mol. The average molecular weight is 367 g/mol. The van der Waals surface area contributed by atoms with E-state index in [4.69, 9.17) is 0 Å². The van der Waals surface area contributed by atoms with Crippen LogP contribution in [0, 0.1) is 0 Å². The molecule has 0 amide bonds. The number of hydrogen-bond acceptors (Lipinski definition) is 3. The molecule has 27 heavy (non-hydrogen) atoms. The van der Waals surface area contributed by atoms with Crippen molar-refractivity contribution in [3.8, 4) is 0 Å². The molecule has 144 valence electrons. The molecule has 3 N–H and O–H groups in total. The van der Waals surface area contributed by atoms with Gasteiger partial charge in [-0.05, 0) is 72.6 Å². The van der Waals surface area contributed by atoms with Crippen LogP contribution in [0.3, 0.4) is 0 Å². The summed E-state index contributed by atoms with van der Waals surface area (Å²) in [5, 5.41) is 28.3. The van der Waals surface area contributed by atoms with Gasteiger partial charge in [0.15, 0.2) is 0 Å². The van der Waals surface area contributed by atoms with Crippen LogP contribution >= 0.6 is 0 Å². The third kappa shape index (κ3) is 6.17. The topological polar surface area (TPSA) is 60.7 Å². The van der Waals surface area contributed by atoms with Gasteiger partial charge >= 0.3 is 0 Å². The Morgan fingerprint density at radius 1 is 0.889 bits per heavy atom. The van der Waals surface area contributed by atoms with Gasteiger partial charge in [-0.3, -0.25) is 0 Å². The van der Waals surface area contributed by atoms with Crippen molar-refractivity contribution in [2.45, 2.75) is 52.9 Å². The molecular weight excluding hydrogens is 336 g/mol. The molecule has 0 fully saturated rings.